The highest BCUT2D eigenvalue weighted by molar-refractivity contribution is 4.10. The topological polar surface area (TPSA) is 39.8 Å². The first-order valence-electron chi connectivity index (χ1n) is 2.99. The van der Waals surface area contributed by atoms with Gasteiger partial charge in [-0.15, -0.1) is 0 Å². The van der Waals surface area contributed by atoms with E-state index in [2.05, 4.69) is 0 Å². The molecule has 0 fully saturated rings. The zero-order valence-electron chi connectivity index (χ0n) is 5.64. The molecule has 0 heterocycles. The predicted octanol–water partition coefficient (Wildman–Crippen LogP) is 1.65. The Morgan fingerprint density at radius 3 is 1.00 bits per heavy atom. The highest BCUT2D eigenvalue weighted by atomic mass is 16.3. The van der Waals surface area contributed by atoms with Crippen LogP contribution < -0.4 is 0 Å². The molecule has 50 valence electrons. The van der Waals surface area contributed by atoms with Crippen molar-refractivity contribution in [1.82, 2.24) is 0 Å². The van der Waals surface area contributed by atoms with Gasteiger partial charge in [-0.3, -0.25) is 0 Å². The molecule has 0 N–H and O–H groups in total. The molecule has 0 aliphatic carbocycles. The highest BCUT2D eigenvalue weighted by Crippen LogP contribution is 1.63. The standard InChI is InChI=1S/2C3H7O/c2*1-2-3-4/h2*2-3H2,1H3. The highest BCUT2D eigenvalue weighted by Gasteiger charge is 1.60. The number of hydrogen-bond donors (Lipinski definition) is 0. The molecule has 2 radical (unpaired) electrons. The Morgan fingerprint density at radius 1 is 0.875 bits per heavy atom. The Hall–Kier alpha value is -0.0800. The normalized spacial score (nSPS) is 7.50. The molecule has 0 saturated heterocycles. The molecule has 0 aromatic heterocycles. The van der Waals surface area contributed by atoms with Crippen molar-refractivity contribution in [3.8, 4) is 0 Å². The van der Waals surface area contributed by atoms with Crippen LogP contribution in [-0.2, 0) is 10.2 Å². The van der Waals surface area contributed by atoms with Gasteiger partial charge in [-0.1, -0.05) is 13.8 Å². The molecule has 8 heavy (non-hydrogen) atoms. The summed E-state index contributed by atoms with van der Waals surface area (Å²) < 4.78 is 0. The van der Waals surface area contributed by atoms with E-state index in [0.717, 1.165) is 12.8 Å². The molecule has 0 rings (SSSR count). The fraction of sp³-hybridized carbons (Fsp3) is 1.00. The summed E-state index contributed by atoms with van der Waals surface area (Å²) in [6, 6.07) is 0. The van der Waals surface area contributed by atoms with E-state index in [9.17, 15) is 10.2 Å². The quantitative estimate of drug-likeness (QED) is 0.529. The smallest absolute Gasteiger partial charge is 0.0819 e. The second-order valence-electron chi connectivity index (χ2n) is 1.41. The number of rotatable bonds is 2. The molecule has 0 saturated carbocycles. The van der Waals surface area contributed by atoms with E-state index in [0.29, 0.717) is 0 Å². The van der Waals surface area contributed by atoms with E-state index in [1.807, 2.05) is 13.8 Å². The first-order chi connectivity index (χ1) is 3.83. The third kappa shape index (κ3) is 38.9. The molecule has 0 aromatic rings. The van der Waals surface area contributed by atoms with Crippen LogP contribution in [0.3, 0.4) is 0 Å². The maximum absolute atomic E-state index is 9.30. The molecule has 0 amide bonds. The van der Waals surface area contributed by atoms with Crippen LogP contribution in [0.15, 0.2) is 0 Å². The van der Waals surface area contributed by atoms with Gasteiger partial charge in [0.2, 0.25) is 0 Å². The Bertz CT molecular complexity index is 14.5. The fourth-order valence-corrected chi connectivity index (χ4v) is 0. The molecule has 0 aliphatic heterocycles. The molecule has 0 atom stereocenters. The fourth-order valence-electron chi connectivity index (χ4n) is 0. The summed E-state index contributed by atoms with van der Waals surface area (Å²) in [7, 11) is 0. The Balaban J connectivity index is 0. The SMILES string of the molecule is CCC[O].CCC[O]. The van der Waals surface area contributed by atoms with Crippen molar-refractivity contribution in [1.29, 1.82) is 0 Å². The lowest BCUT2D eigenvalue weighted by atomic mass is 10.5. The van der Waals surface area contributed by atoms with Gasteiger partial charge in [0, 0.05) is 0 Å². The van der Waals surface area contributed by atoms with Gasteiger partial charge in [-0.05, 0) is 12.8 Å². The van der Waals surface area contributed by atoms with Crippen molar-refractivity contribution in [2.75, 3.05) is 13.2 Å². The minimum absolute atomic E-state index is 0.0694. The molecular weight excluding hydrogens is 104 g/mol. The summed E-state index contributed by atoms with van der Waals surface area (Å²) in [6.07, 6.45) is 1.53. The lowest BCUT2D eigenvalue weighted by Crippen LogP contribution is -1.66. The first kappa shape index (κ1) is 10.8. The van der Waals surface area contributed by atoms with Crippen LogP contribution in [0.2, 0.25) is 0 Å². The van der Waals surface area contributed by atoms with Gasteiger partial charge >= 0.3 is 0 Å². The van der Waals surface area contributed by atoms with Crippen LogP contribution >= 0.6 is 0 Å². The molecule has 0 spiro atoms. The average molecular weight is 118 g/mol. The van der Waals surface area contributed by atoms with Crippen LogP contribution in [0.5, 0.6) is 0 Å². The molecule has 2 nitrogen and oxygen atoms in total. The summed E-state index contributed by atoms with van der Waals surface area (Å²) in [5.41, 5.74) is 0. The van der Waals surface area contributed by atoms with Gasteiger partial charge in [-0.2, -0.15) is 0 Å². The second kappa shape index (κ2) is 15.8. The second-order valence-corrected chi connectivity index (χ2v) is 1.41. The minimum atomic E-state index is 0.0694. The van der Waals surface area contributed by atoms with Gasteiger partial charge < -0.3 is 0 Å². The van der Waals surface area contributed by atoms with Crippen molar-refractivity contribution < 1.29 is 10.2 Å². The monoisotopic (exact) mass is 118 g/mol. The van der Waals surface area contributed by atoms with E-state index >= 15 is 0 Å². The largest absolute Gasteiger partial charge is 0.237 e. The van der Waals surface area contributed by atoms with Crippen molar-refractivity contribution in [3.63, 3.8) is 0 Å². The predicted molar refractivity (Wildman–Crippen MR) is 31.7 cm³/mol. The molecule has 0 bridgehead atoms. The molecule has 0 aromatic carbocycles. The van der Waals surface area contributed by atoms with Crippen LogP contribution in [0.4, 0.5) is 0 Å². The Morgan fingerprint density at radius 2 is 1.00 bits per heavy atom. The van der Waals surface area contributed by atoms with E-state index in [-0.39, 0.29) is 13.2 Å². The van der Waals surface area contributed by atoms with Gasteiger partial charge in [0.05, 0.1) is 13.2 Å². The number of hydrogen-bond acceptors (Lipinski definition) is 0. The van der Waals surface area contributed by atoms with Crippen LogP contribution in [0, 0.1) is 0 Å². The minimum Gasteiger partial charge on any atom is -0.237 e. The summed E-state index contributed by atoms with van der Waals surface area (Å²) in [5.74, 6) is 0. The van der Waals surface area contributed by atoms with Crippen LogP contribution in [0.1, 0.15) is 26.7 Å². The average Bonchev–Trinajstić information content (AvgIpc) is 1.88. The van der Waals surface area contributed by atoms with Crippen LogP contribution in [-0.4, -0.2) is 13.2 Å². The summed E-state index contributed by atoms with van der Waals surface area (Å²) in [6.45, 7) is 3.88. The lowest BCUT2D eigenvalue weighted by molar-refractivity contribution is 0.193. The maximum atomic E-state index is 9.30. The summed E-state index contributed by atoms with van der Waals surface area (Å²) in [5, 5.41) is 18.6. The van der Waals surface area contributed by atoms with E-state index < -0.39 is 0 Å². The van der Waals surface area contributed by atoms with Crippen molar-refractivity contribution in [3.05, 3.63) is 0 Å². The molecule has 0 unspecified atom stereocenters. The van der Waals surface area contributed by atoms with E-state index in [1.165, 1.54) is 0 Å². The Kier molecular flexibility index (Phi) is 21.3. The summed E-state index contributed by atoms with van der Waals surface area (Å²) in [4.78, 5) is 0. The van der Waals surface area contributed by atoms with Gasteiger partial charge in [0.15, 0.2) is 0 Å². The zero-order valence-corrected chi connectivity index (χ0v) is 5.64. The summed E-state index contributed by atoms with van der Waals surface area (Å²) >= 11 is 0. The third-order valence-corrected chi connectivity index (χ3v) is 0.408. The van der Waals surface area contributed by atoms with Gasteiger partial charge in [0.1, 0.15) is 0 Å². The molecular formula is C6H14O2. The van der Waals surface area contributed by atoms with Crippen molar-refractivity contribution >= 4 is 0 Å². The van der Waals surface area contributed by atoms with Crippen molar-refractivity contribution in [2.24, 2.45) is 0 Å². The van der Waals surface area contributed by atoms with Gasteiger partial charge in [-0.25, -0.2) is 10.2 Å². The first-order valence-corrected chi connectivity index (χ1v) is 2.99. The third-order valence-electron chi connectivity index (χ3n) is 0.408. The zero-order chi connectivity index (χ0) is 6.83. The van der Waals surface area contributed by atoms with Gasteiger partial charge in [0.25, 0.3) is 0 Å². The lowest BCUT2D eigenvalue weighted by Gasteiger charge is -1.64. The van der Waals surface area contributed by atoms with Crippen LogP contribution in [0.25, 0.3) is 0 Å². The van der Waals surface area contributed by atoms with E-state index in [1.54, 1.807) is 0 Å². The Labute approximate surface area is 51.2 Å². The van der Waals surface area contributed by atoms with Crippen molar-refractivity contribution in [2.45, 2.75) is 26.7 Å². The molecule has 2 heteroatoms. The maximum Gasteiger partial charge on any atom is 0.0819 e. The molecule has 0 aliphatic rings. The van der Waals surface area contributed by atoms with E-state index in [4.69, 9.17) is 0 Å².